The summed E-state index contributed by atoms with van der Waals surface area (Å²) < 4.78 is 20.9. The number of ether oxygens (including phenoxy) is 1. The van der Waals surface area contributed by atoms with Crippen molar-refractivity contribution in [3.8, 4) is 0 Å². The van der Waals surface area contributed by atoms with Crippen LogP contribution in [0.3, 0.4) is 0 Å². The summed E-state index contributed by atoms with van der Waals surface area (Å²) in [7, 11) is 1.82. The zero-order valence-corrected chi connectivity index (χ0v) is 15.9. The molecular formula is C19H24FN5O2. The fourth-order valence-corrected chi connectivity index (χ4v) is 4.02. The first-order valence-corrected chi connectivity index (χ1v) is 9.30. The Balaban J connectivity index is 1.51. The Bertz CT molecular complexity index is 860. The normalized spacial score (nSPS) is 22.7. The van der Waals surface area contributed by atoms with Crippen molar-refractivity contribution in [3.05, 3.63) is 41.2 Å². The molecule has 1 amide bonds. The lowest BCUT2D eigenvalue weighted by molar-refractivity contribution is -0.00714. The molecule has 0 aromatic carbocycles. The molecule has 4 rings (SSSR count). The third-order valence-corrected chi connectivity index (χ3v) is 5.31. The van der Waals surface area contributed by atoms with Crippen molar-refractivity contribution < 1.29 is 13.9 Å². The van der Waals surface area contributed by atoms with Crippen molar-refractivity contribution in [2.24, 2.45) is 7.05 Å². The van der Waals surface area contributed by atoms with E-state index < -0.39 is 0 Å². The summed E-state index contributed by atoms with van der Waals surface area (Å²) in [6.45, 7) is 6.45. The topological polar surface area (TPSA) is 63.5 Å². The number of nitrogens with zero attached hydrogens (tertiary/aromatic N) is 5. The maximum atomic E-state index is 13.4. The van der Waals surface area contributed by atoms with Gasteiger partial charge in [0, 0.05) is 51.3 Å². The van der Waals surface area contributed by atoms with Gasteiger partial charge < -0.3 is 14.5 Å². The summed E-state index contributed by atoms with van der Waals surface area (Å²) >= 11 is 0. The molecule has 8 heteroatoms. The lowest BCUT2D eigenvalue weighted by Gasteiger charge is -2.36. The Kier molecular flexibility index (Phi) is 4.59. The third kappa shape index (κ3) is 3.29. The molecule has 2 aromatic heterocycles. The van der Waals surface area contributed by atoms with Gasteiger partial charge in [0.25, 0.3) is 5.91 Å². The van der Waals surface area contributed by atoms with E-state index in [1.54, 1.807) is 10.9 Å². The number of halogens is 1. The maximum absolute atomic E-state index is 13.4. The van der Waals surface area contributed by atoms with Gasteiger partial charge in [-0.1, -0.05) is 0 Å². The quantitative estimate of drug-likeness (QED) is 0.805. The molecule has 1 fully saturated rings. The number of aryl methyl sites for hydroxylation is 1. The van der Waals surface area contributed by atoms with Crippen molar-refractivity contribution in [2.45, 2.75) is 32.5 Å². The molecule has 0 aliphatic carbocycles. The van der Waals surface area contributed by atoms with Gasteiger partial charge in [-0.3, -0.25) is 14.5 Å². The average Bonchev–Trinajstić information content (AvgIpc) is 2.97. The van der Waals surface area contributed by atoms with E-state index in [0.717, 1.165) is 16.9 Å². The van der Waals surface area contributed by atoms with E-state index in [1.165, 1.54) is 12.3 Å². The van der Waals surface area contributed by atoms with Crippen LogP contribution >= 0.6 is 0 Å². The minimum Gasteiger partial charge on any atom is -0.369 e. The van der Waals surface area contributed by atoms with Crippen LogP contribution in [0.4, 0.5) is 10.1 Å². The highest BCUT2D eigenvalue weighted by molar-refractivity contribution is 5.94. The van der Waals surface area contributed by atoms with Crippen LogP contribution in [-0.4, -0.2) is 57.9 Å². The minimum absolute atomic E-state index is 0.00423. The number of piperazine rings is 1. The highest BCUT2D eigenvalue weighted by atomic mass is 19.1. The Hall–Kier alpha value is -2.48. The molecule has 2 aliphatic rings. The standard InChI is InChI=1S/C19H24FN5O2/c1-12-8-16-17(13(2)27-12)22-23(3)18(16)19(26)25-6-4-24(5-7-25)15-9-14(20)10-21-11-15/h9-13H,4-8H2,1-3H3/t12-,13+/m1/s1. The lowest BCUT2D eigenvalue weighted by Crippen LogP contribution is -2.49. The summed E-state index contributed by atoms with van der Waals surface area (Å²) in [6.07, 6.45) is 3.51. The first-order chi connectivity index (χ1) is 12.9. The Morgan fingerprint density at radius 1 is 1.22 bits per heavy atom. The van der Waals surface area contributed by atoms with Crippen molar-refractivity contribution in [1.82, 2.24) is 19.7 Å². The number of anilines is 1. The predicted octanol–water partition coefficient (Wildman–Crippen LogP) is 1.94. The summed E-state index contributed by atoms with van der Waals surface area (Å²) in [5, 5.41) is 4.54. The molecule has 0 saturated carbocycles. The van der Waals surface area contributed by atoms with Gasteiger partial charge in [-0.2, -0.15) is 5.10 Å². The molecule has 2 aliphatic heterocycles. The maximum Gasteiger partial charge on any atom is 0.272 e. The Labute approximate surface area is 157 Å². The Morgan fingerprint density at radius 3 is 2.67 bits per heavy atom. The van der Waals surface area contributed by atoms with E-state index in [9.17, 15) is 9.18 Å². The van der Waals surface area contributed by atoms with Crippen molar-refractivity contribution in [2.75, 3.05) is 31.1 Å². The van der Waals surface area contributed by atoms with Gasteiger partial charge in [0.1, 0.15) is 11.5 Å². The molecule has 27 heavy (non-hydrogen) atoms. The number of carbonyl (C=O) groups excluding carboxylic acids is 1. The van der Waals surface area contributed by atoms with Crippen molar-refractivity contribution in [1.29, 1.82) is 0 Å². The fourth-order valence-electron chi connectivity index (χ4n) is 4.02. The summed E-state index contributed by atoms with van der Waals surface area (Å²) in [5.41, 5.74) is 3.28. The van der Waals surface area contributed by atoms with Crippen LogP contribution in [0.15, 0.2) is 18.5 Å². The van der Waals surface area contributed by atoms with Gasteiger partial charge in [-0.05, 0) is 13.8 Å². The second-order valence-electron chi connectivity index (χ2n) is 7.27. The Morgan fingerprint density at radius 2 is 1.96 bits per heavy atom. The monoisotopic (exact) mass is 373 g/mol. The van der Waals surface area contributed by atoms with Gasteiger partial charge in [-0.25, -0.2) is 4.39 Å². The number of pyridine rings is 1. The molecule has 2 atom stereocenters. The fraction of sp³-hybridized carbons (Fsp3) is 0.526. The van der Waals surface area contributed by atoms with Gasteiger partial charge in [0.05, 0.1) is 36.0 Å². The molecule has 144 valence electrons. The SMILES string of the molecule is C[C@@H]1Cc2c(nn(C)c2C(=O)N2CCN(c3cncc(F)c3)CC2)[C@H](C)O1. The second-order valence-corrected chi connectivity index (χ2v) is 7.27. The van der Waals surface area contributed by atoms with Crippen LogP contribution in [0.2, 0.25) is 0 Å². The average molecular weight is 373 g/mol. The zero-order valence-electron chi connectivity index (χ0n) is 15.9. The van der Waals surface area contributed by atoms with Crippen molar-refractivity contribution >= 4 is 11.6 Å². The van der Waals surface area contributed by atoms with Crippen LogP contribution in [0, 0.1) is 5.82 Å². The van der Waals surface area contributed by atoms with E-state index in [4.69, 9.17) is 4.74 Å². The van der Waals surface area contributed by atoms with Crippen molar-refractivity contribution in [3.63, 3.8) is 0 Å². The van der Waals surface area contributed by atoms with E-state index in [1.807, 2.05) is 25.8 Å². The number of hydrogen-bond donors (Lipinski definition) is 0. The molecular weight excluding hydrogens is 349 g/mol. The summed E-state index contributed by atoms with van der Waals surface area (Å²) in [5.74, 6) is -0.345. The molecule has 4 heterocycles. The van der Waals surface area contributed by atoms with Gasteiger partial charge in [0.2, 0.25) is 0 Å². The third-order valence-electron chi connectivity index (χ3n) is 5.31. The molecule has 0 unspecified atom stereocenters. The molecule has 1 saturated heterocycles. The van der Waals surface area contributed by atoms with E-state index in [2.05, 4.69) is 15.0 Å². The van der Waals surface area contributed by atoms with Gasteiger partial charge >= 0.3 is 0 Å². The number of fused-ring (bicyclic) bond motifs is 1. The van der Waals surface area contributed by atoms with E-state index in [-0.39, 0.29) is 23.9 Å². The number of hydrogen-bond acceptors (Lipinski definition) is 5. The first kappa shape index (κ1) is 17.9. The van der Waals surface area contributed by atoms with Crippen LogP contribution in [0.1, 0.15) is 41.7 Å². The first-order valence-electron chi connectivity index (χ1n) is 9.30. The number of carbonyl (C=O) groups is 1. The second kappa shape index (κ2) is 6.92. The van der Waals surface area contributed by atoms with E-state index >= 15 is 0 Å². The number of rotatable bonds is 2. The summed E-state index contributed by atoms with van der Waals surface area (Å²) in [4.78, 5) is 21.0. The smallest absolute Gasteiger partial charge is 0.272 e. The van der Waals surface area contributed by atoms with Crippen LogP contribution in [-0.2, 0) is 18.2 Å². The minimum atomic E-state index is -0.349. The van der Waals surface area contributed by atoms with Gasteiger partial charge in [-0.15, -0.1) is 0 Å². The largest absolute Gasteiger partial charge is 0.369 e. The molecule has 0 bridgehead atoms. The lowest BCUT2D eigenvalue weighted by atomic mass is 9.99. The predicted molar refractivity (Wildman–Crippen MR) is 98.2 cm³/mol. The number of aromatic nitrogens is 3. The molecule has 0 spiro atoms. The molecule has 0 radical (unpaired) electrons. The summed E-state index contributed by atoms with van der Waals surface area (Å²) in [6, 6.07) is 1.48. The number of amides is 1. The highest BCUT2D eigenvalue weighted by Gasteiger charge is 2.33. The van der Waals surface area contributed by atoms with Crippen LogP contribution in [0.5, 0.6) is 0 Å². The zero-order chi connectivity index (χ0) is 19.1. The van der Waals surface area contributed by atoms with E-state index in [0.29, 0.717) is 38.3 Å². The highest BCUT2D eigenvalue weighted by Crippen LogP contribution is 2.31. The van der Waals surface area contributed by atoms with Crippen LogP contribution < -0.4 is 4.90 Å². The molecule has 7 nitrogen and oxygen atoms in total. The molecule has 0 N–H and O–H groups in total. The van der Waals surface area contributed by atoms with Crippen LogP contribution in [0.25, 0.3) is 0 Å². The van der Waals surface area contributed by atoms with Gasteiger partial charge in [0.15, 0.2) is 0 Å². The molecule has 2 aromatic rings.